The monoisotopic (exact) mass is 338 g/mol. The van der Waals surface area contributed by atoms with E-state index in [1.807, 2.05) is 6.92 Å². The predicted octanol–water partition coefficient (Wildman–Crippen LogP) is 2.62. The number of nitrogens with one attached hydrogen (secondary N) is 2. The van der Waals surface area contributed by atoms with Gasteiger partial charge in [0.25, 0.3) is 5.82 Å². The first-order chi connectivity index (χ1) is 11.1. The lowest BCUT2D eigenvalue weighted by Gasteiger charge is -2.45. The molecule has 0 bridgehead atoms. The second kappa shape index (κ2) is 7.19. The molecule has 2 rings (SSSR count). The molecule has 1 atom stereocenters. The third kappa shape index (κ3) is 5.01. The molecule has 1 unspecified atom stereocenters. The van der Waals surface area contributed by atoms with Crippen LogP contribution in [-0.4, -0.2) is 45.5 Å². The summed E-state index contributed by atoms with van der Waals surface area (Å²) in [6.45, 7) is 13.5. The van der Waals surface area contributed by atoms with Crippen molar-refractivity contribution < 1.29 is 14.3 Å². The molecule has 0 aliphatic carbocycles. The molecule has 2 heterocycles. The predicted molar refractivity (Wildman–Crippen MR) is 90.7 cm³/mol. The van der Waals surface area contributed by atoms with E-state index in [-0.39, 0.29) is 23.1 Å². The van der Waals surface area contributed by atoms with Gasteiger partial charge in [-0.2, -0.15) is 0 Å². The van der Waals surface area contributed by atoms with Crippen LogP contribution in [0, 0.1) is 5.92 Å². The molecule has 24 heavy (non-hydrogen) atoms. The van der Waals surface area contributed by atoms with Crippen molar-refractivity contribution in [2.75, 3.05) is 13.2 Å². The second-order valence-corrected chi connectivity index (χ2v) is 7.79. The van der Waals surface area contributed by atoms with Crippen molar-refractivity contribution in [1.29, 1.82) is 0 Å². The Morgan fingerprint density at radius 1 is 1.38 bits per heavy atom. The summed E-state index contributed by atoms with van der Waals surface area (Å²) in [7, 11) is 0. The van der Waals surface area contributed by atoms with Crippen molar-refractivity contribution >= 4 is 5.97 Å². The lowest BCUT2D eigenvalue weighted by Crippen LogP contribution is -2.47. The van der Waals surface area contributed by atoms with Gasteiger partial charge in [-0.05, 0) is 66.8 Å². The Balaban J connectivity index is 1.91. The van der Waals surface area contributed by atoms with Gasteiger partial charge in [-0.15, -0.1) is 5.10 Å². The molecule has 1 fully saturated rings. The Labute approximate surface area is 143 Å². The van der Waals surface area contributed by atoms with Gasteiger partial charge in [0.2, 0.25) is 0 Å². The fraction of sp³-hybridized carbons (Fsp3) is 0.824. The molecular formula is C17H30N4O3. The number of H-pyrrole nitrogens is 1. The van der Waals surface area contributed by atoms with Crippen LogP contribution in [0.25, 0.3) is 0 Å². The van der Waals surface area contributed by atoms with E-state index in [2.05, 4.69) is 48.2 Å². The largest absolute Gasteiger partial charge is 0.460 e. The highest BCUT2D eigenvalue weighted by Gasteiger charge is 2.39. The molecule has 0 saturated carbocycles. The summed E-state index contributed by atoms with van der Waals surface area (Å²) in [6, 6.07) is -0.0188. The zero-order valence-corrected chi connectivity index (χ0v) is 15.6. The molecule has 0 aromatic carbocycles. The molecule has 1 saturated heterocycles. The number of ether oxygens (including phenoxy) is 2. The first kappa shape index (κ1) is 18.9. The van der Waals surface area contributed by atoms with Gasteiger partial charge in [0.15, 0.2) is 0 Å². The Morgan fingerprint density at radius 2 is 2.00 bits per heavy atom. The van der Waals surface area contributed by atoms with Crippen LogP contribution in [-0.2, 0) is 9.47 Å². The van der Waals surface area contributed by atoms with Crippen LogP contribution in [0.5, 0.6) is 0 Å². The van der Waals surface area contributed by atoms with Crippen molar-refractivity contribution in [2.45, 2.75) is 71.6 Å². The van der Waals surface area contributed by atoms with E-state index in [1.54, 1.807) is 6.92 Å². The number of rotatable bonds is 6. The molecule has 0 radical (unpaired) electrons. The SMILES string of the molecule is CCOC(=O)c1n[nH]c(C(C)NCC2CC(C)(C)OC(C)(C)C2)n1. The Kier molecular flexibility index (Phi) is 5.65. The summed E-state index contributed by atoms with van der Waals surface area (Å²) < 4.78 is 11.0. The minimum Gasteiger partial charge on any atom is -0.460 e. The van der Waals surface area contributed by atoms with Crippen molar-refractivity contribution in [1.82, 2.24) is 20.5 Å². The van der Waals surface area contributed by atoms with Crippen LogP contribution in [0.15, 0.2) is 0 Å². The average Bonchev–Trinajstić information content (AvgIpc) is 2.91. The van der Waals surface area contributed by atoms with Crippen LogP contribution >= 0.6 is 0 Å². The molecule has 1 aromatic heterocycles. The maximum absolute atomic E-state index is 11.6. The highest BCUT2D eigenvalue weighted by Crippen LogP contribution is 2.38. The van der Waals surface area contributed by atoms with Crippen LogP contribution in [0.2, 0.25) is 0 Å². The van der Waals surface area contributed by atoms with Crippen molar-refractivity contribution in [2.24, 2.45) is 5.92 Å². The number of aromatic amines is 1. The topological polar surface area (TPSA) is 89.1 Å². The molecule has 1 aromatic rings. The summed E-state index contributed by atoms with van der Waals surface area (Å²) in [4.78, 5) is 15.8. The summed E-state index contributed by atoms with van der Waals surface area (Å²) in [5.41, 5.74) is -0.221. The Morgan fingerprint density at radius 3 is 2.58 bits per heavy atom. The van der Waals surface area contributed by atoms with Gasteiger partial charge in [-0.25, -0.2) is 9.78 Å². The van der Waals surface area contributed by atoms with Crippen molar-refractivity contribution in [3.05, 3.63) is 11.6 Å². The standard InChI is InChI=1S/C17H30N4O3/c1-7-23-15(22)14-19-13(20-21-14)11(2)18-10-12-8-16(3,4)24-17(5,6)9-12/h11-12,18H,7-10H2,1-6H3,(H,19,20,21). The molecule has 0 amide bonds. The summed E-state index contributed by atoms with van der Waals surface area (Å²) in [6.07, 6.45) is 2.03. The minimum atomic E-state index is -0.500. The molecule has 7 nitrogen and oxygen atoms in total. The number of hydrogen-bond acceptors (Lipinski definition) is 6. The third-order valence-electron chi connectivity index (χ3n) is 4.20. The van der Waals surface area contributed by atoms with E-state index < -0.39 is 5.97 Å². The lowest BCUT2D eigenvalue weighted by molar-refractivity contribution is -0.172. The first-order valence-electron chi connectivity index (χ1n) is 8.65. The zero-order chi connectivity index (χ0) is 18.0. The van der Waals surface area contributed by atoms with Crippen LogP contribution < -0.4 is 5.32 Å². The van der Waals surface area contributed by atoms with Crippen molar-refractivity contribution in [3.8, 4) is 0 Å². The average molecular weight is 338 g/mol. The van der Waals surface area contributed by atoms with Crippen molar-refractivity contribution in [3.63, 3.8) is 0 Å². The van der Waals surface area contributed by atoms with Gasteiger partial charge in [0.05, 0.1) is 23.9 Å². The maximum Gasteiger partial charge on any atom is 0.378 e. The fourth-order valence-electron chi connectivity index (χ4n) is 3.63. The summed E-state index contributed by atoms with van der Waals surface area (Å²) in [5, 5.41) is 10.2. The molecule has 2 N–H and O–H groups in total. The second-order valence-electron chi connectivity index (χ2n) is 7.79. The summed E-state index contributed by atoms with van der Waals surface area (Å²) >= 11 is 0. The molecule has 1 aliphatic rings. The maximum atomic E-state index is 11.6. The number of hydrogen-bond donors (Lipinski definition) is 2. The molecule has 0 spiro atoms. The van der Waals surface area contributed by atoms with Gasteiger partial charge in [0.1, 0.15) is 5.82 Å². The molecule has 1 aliphatic heterocycles. The van der Waals surface area contributed by atoms with E-state index in [4.69, 9.17) is 9.47 Å². The van der Waals surface area contributed by atoms with Gasteiger partial charge >= 0.3 is 5.97 Å². The van der Waals surface area contributed by atoms with E-state index in [1.165, 1.54) is 0 Å². The normalized spacial score (nSPS) is 21.4. The first-order valence-corrected chi connectivity index (χ1v) is 8.65. The molecule has 7 heteroatoms. The fourth-order valence-corrected chi connectivity index (χ4v) is 3.63. The van der Waals surface area contributed by atoms with E-state index in [0.29, 0.717) is 18.3 Å². The molecular weight excluding hydrogens is 308 g/mol. The molecule has 136 valence electrons. The quantitative estimate of drug-likeness (QED) is 0.775. The highest BCUT2D eigenvalue weighted by molar-refractivity contribution is 5.84. The minimum absolute atomic E-state index is 0.0188. The van der Waals surface area contributed by atoms with Gasteiger partial charge < -0.3 is 14.8 Å². The van der Waals surface area contributed by atoms with Gasteiger partial charge in [-0.1, -0.05) is 0 Å². The van der Waals surface area contributed by atoms with Crippen LogP contribution in [0.3, 0.4) is 0 Å². The van der Waals surface area contributed by atoms with Gasteiger partial charge in [-0.3, -0.25) is 5.10 Å². The van der Waals surface area contributed by atoms with Gasteiger partial charge in [0, 0.05) is 0 Å². The highest BCUT2D eigenvalue weighted by atomic mass is 16.5. The Bertz CT molecular complexity index is 552. The van der Waals surface area contributed by atoms with Crippen LogP contribution in [0.4, 0.5) is 0 Å². The van der Waals surface area contributed by atoms with E-state index >= 15 is 0 Å². The smallest absolute Gasteiger partial charge is 0.378 e. The number of aromatic nitrogens is 3. The summed E-state index contributed by atoms with van der Waals surface area (Å²) in [5.74, 6) is 0.747. The zero-order valence-electron chi connectivity index (χ0n) is 15.6. The third-order valence-corrected chi connectivity index (χ3v) is 4.20. The number of nitrogens with zero attached hydrogens (tertiary/aromatic N) is 2. The number of carbonyl (C=O) groups excluding carboxylic acids is 1. The number of carbonyl (C=O) groups is 1. The van der Waals surface area contributed by atoms with E-state index in [9.17, 15) is 4.79 Å². The van der Waals surface area contributed by atoms with Crippen LogP contribution in [0.1, 0.15) is 76.9 Å². The van der Waals surface area contributed by atoms with E-state index in [0.717, 1.165) is 19.4 Å². The Hall–Kier alpha value is -1.47. The lowest BCUT2D eigenvalue weighted by atomic mass is 9.80. The number of esters is 1.